The molecule has 0 bridgehead atoms. The SMILES string of the molecule is CC(NCCS(C)(=O)=O)C(C)(C)O. The fourth-order valence-corrected chi connectivity index (χ4v) is 1.20. The standard InChI is InChI=1S/C8H19NO3S/c1-7(8(2,3)10)9-5-6-13(4,11)12/h7,9-10H,5-6H2,1-4H3. The lowest BCUT2D eigenvalue weighted by Gasteiger charge is -2.26. The van der Waals surface area contributed by atoms with Crippen molar-refractivity contribution in [2.45, 2.75) is 32.4 Å². The molecule has 0 saturated heterocycles. The molecule has 0 radical (unpaired) electrons. The van der Waals surface area contributed by atoms with E-state index in [0.29, 0.717) is 6.54 Å². The van der Waals surface area contributed by atoms with Crippen LogP contribution in [0.2, 0.25) is 0 Å². The Morgan fingerprint density at radius 3 is 2.23 bits per heavy atom. The Hall–Kier alpha value is -0.130. The van der Waals surface area contributed by atoms with Gasteiger partial charge in [0, 0.05) is 18.8 Å². The van der Waals surface area contributed by atoms with Gasteiger partial charge in [-0.05, 0) is 20.8 Å². The zero-order chi connectivity index (χ0) is 10.7. The van der Waals surface area contributed by atoms with Crippen LogP contribution < -0.4 is 5.32 Å². The van der Waals surface area contributed by atoms with Crippen LogP contribution in [0.5, 0.6) is 0 Å². The molecule has 0 aromatic heterocycles. The molecule has 5 heteroatoms. The maximum absolute atomic E-state index is 10.8. The lowest BCUT2D eigenvalue weighted by Crippen LogP contribution is -2.45. The van der Waals surface area contributed by atoms with Gasteiger partial charge in [0.05, 0.1) is 11.4 Å². The van der Waals surface area contributed by atoms with Crippen LogP contribution >= 0.6 is 0 Å². The summed E-state index contributed by atoms with van der Waals surface area (Å²) in [6.45, 7) is 5.57. The van der Waals surface area contributed by atoms with Crippen LogP contribution in [0.3, 0.4) is 0 Å². The second-order valence-corrected chi connectivity index (χ2v) is 6.22. The third-order valence-corrected chi connectivity index (χ3v) is 2.93. The molecule has 0 fully saturated rings. The molecular formula is C8H19NO3S. The summed E-state index contributed by atoms with van der Waals surface area (Å²) in [4.78, 5) is 0. The molecule has 1 unspecified atom stereocenters. The number of nitrogens with one attached hydrogen (secondary N) is 1. The summed E-state index contributed by atoms with van der Waals surface area (Å²) in [6.07, 6.45) is 1.20. The van der Waals surface area contributed by atoms with Gasteiger partial charge in [-0.1, -0.05) is 0 Å². The Kier molecular flexibility index (Phi) is 4.35. The van der Waals surface area contributed by atoms with Gasteiger partial charge >= 0.3 is 0 Å². The number of hydrogen-bond donors (Lipinski definition) is 2. The Labute approximate surface area is 80.3 Å². The maximum Gasteiger partial charge on any atom is 0.148 e. The predicted octanol–water partition coefficient (Wildman–Crippen LogP) is -0.220. The average molecular weight is 209 g/mol. The van der Waals surface area contributed by atoms with Gasteiger partial charge in [0.1, 0.15) is 9.84 Å². The van der Waals surface area contributed by atoms with Crippen LogP contribution in [0.4, 0.5) is 0 Å². The van der Waals surface area contributed by atoms with Crippen molar-refractivity contribution in [3.05, 3.63) is 0 Å². The van der Waals surface area contributed by atoms with Gasteiger partial charge in [-0.3, -0.25) is 0 Å². The van der Waals surface area contributed by atoms with Crippen molar-refractivity contribution >= 4 is 9.84 Å². The topological polar surface area (TPSA) is 66.4 Å². The first-order valence-electron chi connectivity index (χ1n) is 4.26. The molecule has 0 saturated carbocycles. The van der Waals surface area contributed by atoms with E-state index in [2.05, 4.69) is 5.32 Å². The van der Waals surface area contributed by atoms with Gasteiger partial charge in [0.25, 0.3) is 0 Å². The zero-order valence-electron chi connectivity index (χ0n) is 8.66. The smallest absolute Gasteiger partial charge is 0.148 e. The van der Waals surface area contributed by atoms with Crippen LogP contribution in [0.25, 0.3) is 0 Å². The van der Waals surface area contributed by atoms with Gasteiger partial charge < -0.3 is 10.4 Å². The van der Waals surface area contributed by atoms with Crippen LogP contribution in [0.1, 0.15) is 20.8 Å². The first-order valence-corrected chi connectivity index (χ1v) is 6.32. The van der Waals surface area contributed by atoms with Gasteiger partial charge in [0.15, 0.2) is 0 Å². The second-order valence-electron chi connectivity index (χ2n) is 3.96. The van der Waals surface area contributed by atoms with E-state index in [-0.39, 0.29) is 11.8 Å². The van der Waals surface area contributed by atoms with Gasteiger partial charge in [0.2, 0.25) is 0 Å². The molecule has 0 aromatic carbocycles. The number of hydrogen-bond acceptors (Lipinski definition) is 4. The Morgan fingerprint density at radius 1 is 1.46 bits per heavy atom. The molecule has 4 nitrogen and oxygen atoms in total. The lowest BCUT2D eigenvalue weighted by atomic mass is 10.0. The summed E-state index contributed by atoms with van der Waals surface area (Å²) in [5.74, 6) is 0.105. The van der Waals surface area contributed by atoms with Gasteiger partial charge in [-0.2, -0.15) is 0 Å². The number of sulfone groups is 1. The van der Waals surface area contributed by atoms with Crippen molar-refractivity contribution in [1.82, 2.24) is 5.32 Å². The van der Waals surface area contributed by atoms with Gasteiger partial charge in [-0.25, -0.2) is 8.42 Å². The summed E-state index contributed by atoms with van der Waals surface area (Å²) in [5.41, 5.74) is -0.822. The molecule has 13 heavy (non-hydrogen) atoms. The Morgan fingerprint density at radius 2 is 1.92 bits per heavy atom. The van der Waals surface area contributed by atoms with Crippen LogP contribution in [-0.2, 0) is 9.84 Å². The van der Waals surface area contributed by atoms with E-state index in [1.807, 2.05) is 6.92 Å². The molecular weight excluding hydrogens is 190 g/mol. The highest BCUT2D eigenvalue weighted by atomic mass is 32.2. The predicted molar refractivity (Wildman–Crippen MR) is 53.5 cm³/mol. The molecule has 0 aliphatic heterocycles. The molecule has 0 aromatic rings. The normalized spacial score (nSPS) is 15.8. The fourth-order valence-electron chi connectivity index (χ4n) is 0.711. The highest BCUT2D eigenvalue weighted by Gasteiger charge is 2.21. The van der Waals surface area contributed by atoms with Crippen molar-refractivity contribution < 1.29 is 13.5 Å². The van der Waals surface area contributed by atoms with E-state index in [1.54, 1.807) is 13.8 Å². The van der Waals surface area contributed by atoms with Crippen molar-refractivity contribution in [3.8, 4) is 0 Å². The summed E-state index contributed by atoms with van der Waals surface area (Å²) >= 11 is 0. The minimum absolute atomic E-state index is 0.105. The summed E-state index contributed by atoms with van der Waals surface area (Å²) in [6, 6.07) is -0.116. The molecule has 0 amide bonds. The lowest BCUT2D eigenvalue weighted by molar-refractivity contribution is 0.0451. The van der Waals surface area contributed by atoms with Gasteiger partial charge in [-0.15, -0.1) is 0 Å². The number of aliphatic hydroxyl groups is 1. The summed E-state index contributed by atoms with van der Waals surface area (Å²) in [7, 11) is -2.91. The zero-order valence-corrected chi connectivity index (χ0v) is 9.48. The first-order chi connectivity index (χ1) is 5.63. The highest BCUT2D eigenvalue weighted by Crippen LogP contribution is 2.06. The quantitative estimate of drug-likeness (QED) is 0.657. The second kappa shape index (κ2) is 4.39. The maximum atomic E-state index is 10.8. The highest BCUT2D eigenvalue weighted by molar-refractivity contribution is 7.90. The molecule has 80 valence electrons. The minimum atomic E-state index is -2.91. The molecule has 2 N–H and O–H groups in total. The van der Waals surface area contributed by atoms with Crippen molar-refractivity contribution in [1.29, 1.82) is 0 Å². The van der Waals surface area contributed by atoms with Crippen LogP contribution in [0.15, 0.2) is 0 Å². The van der Waals surface area contributed by atoms with E-state index in [1.165, 1.54) is 6.26 Å². The van der Waals surface area contributed by atoms with E-state index in [9.17, 15) is 13.5 Å². The Bertz CT molecular complexity index is 241. The summed E-state index contributed by atoms with van der Waals surface area (Å²) in [5, 5.41) is 12.5. The Balaban J connectivity index is 3.80. The van der Waals surface area contributed by atoms with Crippen LogP contribution in [-0.4, -0.2) is 43.7 Å². The van der Waals surface area contributed by atoms with Crippen molar-refractivity contribution in [2.75, 3.05) is 18.6 Å². The van der Waals surface area contributed by atoms with E-state index in [4.69, 9.17) is 0 Å². The summed E-state index contributed by atoms with van der Waals surface area (Å²) < 4.78 is 21.5. The molecule has 0 aliphatic rings. The molecule has 0 spiro atoms. The van der Waals surface area contributed by atoms with Crippen molar-refractivity contribution in [2.24, 2.45) is 0 Å². The molecule has 0 rings (SSSR count). The molecule has 1 atom stereocenters. The third-order valence-electron chi connectivity index (χ3n) is 1.98. The largest absolute Gasteiger partial charge is 0.389 e. The molecule has 0 heterocycles. The van der Waals surface area contributed by atoms with Crippen molar-refractivity contribution in [3.63, 3.8) is 0 Å². The van der Waals surface area contributed by atoms with E-state index >= 15 is 0 Å². The molecule has 0 aliphatic carbocycles. The average Bonchev–Trinajstić information content (AvgIpc) is 1.82. The fraction of sp³-hybridized carbons (Fsp3) is 1.00. The van der Waals surface area contributed by atoms with E-state index in [0.717, 1.165) is 0 Å². The van der Waals surface area contributed by atoms with Crippen LogP contribution in [0, 0.1) is 0 Å². The minimum Gasteiger partial charge on any atom is -0.389 e. The van der Waals surface area contributed by atoms with E-state index < -0.39 is 15.4 Å². The first kappa shape index (κ1) is 12.9. The number of rotatable bonds is 5. The monoisotopic (exact) mass is 209 g/mol. The third kappa shape index (κ3) is 6.98.